The van der Waals surface area contributed by atoms with Gasteiger partial charge in [0.15, 0.2) is 9.84 Å². The molecule has 0 aliphatic carbocycles. The highest BCUT2D eigenvalue weighted by atomic mass is 32.2. The summed E-state index contributed by atoms with van der Waals surface area (Å²) in [5, 5.41) is 0. The fourth-order valence-corrected chi connectivity index (χ4v) is 4.47. The Morgan fingerprint density at radius 2 is 1.88 bits per heavy atom. The summed E-state index contributed by atoms with van der Waals surface area (Å²) in [5.41, 5.74) is 7.05. The van der Waals surface area contributed by atoms with Crippen LogP contribution >= 0.6 is 0 Å². The van der Waals surface area contributed by atoms with Crippen molar-refractivity contribution in [2.45, 2.75) is 29.5 Å². The minimum atomic E-state index is -3.51. The maximum Gasteiger partial charge on any atom is 0.253 e. The van der Waals surface area contributed by atoms with E-state index in [4.69, 9.17) is 5.73 Å². The van der Waals surface area contributed by atoms with Gasteiger partial charge in [-0.3, -0.25) is 4.79 Å². The fourth-order valence-electron chi connectivity index (χ4n) is 3.08. The van der Waals surface area contributed by atoms with Crippen LogP contribution < -0.4 is 5.73 Å². The molecule has 5 nitrogen and oxygen atoms in total. The predicted octanol–water partition coefficient (Wildman–Crippen LogP) is 2.22. The first-order valence-corrected chi connectivity index (χ1v) is 10.0. The van der Waals surface area contributed by atoms with Crippen LogP contribution in [0.25, 0.3) is 0 Å². The van der Waals surface area contributed by atoms with Gasteiger partial charge in [-0.1, -0.05) is 36.4 Å². The van der Waals surface area contributed by atoms with Gasteiger partial charge in [0, 0.05) is 24.7 Å². The average molecular weight is 358 g/mol. The van der Waals surface area contributed by atoms with Crippen LogP contribution in [0.2, 0.25) is 0 Å². The van der Waals surface area contributed by atoms with Crippen LogP contribution in [0, 0.1) is 0 Å². The number of hydrogen-bond acceptors (Lipinski definition) is 4. The van der Waals surface area contributed by atoms with E-state index < -0.39 is 9.84 Å². The van der Waals surface area contributed by atoms with E-state index in [1.165, 1.54) is 12.1 Å². The van der Waals surface area contributed by atoms with Crippen molar-refractivity contribution in [1.82, 2.24) is 4.90 Å². The number of nitrogens with zero attached hydrogens (tertiary/aromatic N) is 1. The molecule has 1 fully saturated rings. The smallest absolute Gasteiger partial charge is 0.253 e. The van der Waals surface area contributed by atoms with Crippen LogP contribution in [0.1, 0.15) is 28.8 Å². The third-order valence-corrected chi connectivity index (χ3v) is 6.07. The first-order chi connectivity index (χ1) is 12.0. The van der Waals surface area contributed by atoms with Gasteiger partial charge in [-0.05, 0) is 36.6 Å². The van der Waals surface area contributed by atoms with Crippen molar-refractivity contribution in [3.8, 4) is 0 Å². The number of likely N-dealkylation sites (tertiary alicyclic amines) is 1. The maximum absolute atomic E-state index is 12.7. The molecule has 3 rings (SSSR count). The molecule has 0 radical (unpaired) electrons. The van der Waals surface area contributed by atoms with Gasteiger partial charge in [0.2, 0.25) is 0 Å². The lowest BCUT2D eigenvalue weighted by molar-refractivity contribution is 0.0708. The SMILES string of the molecule is N[C@@H]1CCCN(C(=O)c2cccc(S(=O)(=O)Cc3ccccc3)c2)C1. The molecule has 1 aliphatic heterocycles. The minimum absolute atomic E-state index is 0.0114. The summed E-state index contributed by atoms with van der Waals surface area (Å²) in [4.78, 5) is 14.5. The zero-order valence-electron chi connectivity index (χ0n) is 14.0. The lowest BCUT2D eigenvalue weighted by Crippen LogP contribution is -2.45. The molecular formula is C19H22N2O3S. The summed E-state index contributed by atoms with van der Waals surface area (Å²) < 4.78 is 25.3. The normalized spacial score (nSPS) is 18.1. The molecule has 25 heavy (non-hydrogen) atoms. The number of rotatable bonds is 4. The lowest BCUT2D eigenvalue weighted by atomic mass is 10.1. The summed E-state index contributed by atoms with van der Waals surface area (Å²) in [5.74, 6) is -0.244. The maximum atomic E-state index is 12.7. The topological polar surface area (TPSA) is 80.5 Å². The second kappa shape index (κ2) is 7.37. The molecule has 1 amide bonds. The summed E-state index contributed by atoms with van der Waals surface area (Å²) in [6.45, 7) is 1.17. The number of amides is 1. The minimum Gasteiger partial charge on any atom is -0.337 e. The Morgan fingerprint density at radius 3 is 2.60 bits per heavy atom. The number of hydrogen-bond donors (Lipinski definition) is 1. The second-order valence-corrected chi connectivity index (χ2v) is 8.42. The molecular weight excluding hydrogens is 336 g/mol. The molecule has 1 aliphatic rings. The van der Waals surface area contributed by atoms with Gasteiger partial charge in [0.25, 0.3) is 5.91 Å². The average Bonchev–Trinajstić information content (AvgIpc) is 2.62. The van der Waals surface area contributed by atoms with Crippen molar-refractivity contribution in [3.63, 3.8) is 0 Å². The van der Waals surface area contributed by atoms with Gasteiger partial charge in [-0.2, -0.15) is 0 Å². The standard InChI is InChI=1S/C19H22N2O3S/c20-17-9-5-11-21(13-17)19(22)16-8-4-10-18(12-16)25(23,24)14-15-6-2-1-3-7-15/h1-4,6-8,10,12,17H,5,9,11,13-14,20H2/t17-/m1/s1. The monoisotopic (exact) mass is 358 g/mol. The van der Waals surface area contributed by atoms with Crippen LogP contribution in [-0.4, -0.2) is 38.4 Å². The van der Waals surface area contributed by atoms with Crippen molar-refractivity contribution < 1.29 is 13.2 Å². The molecule has 132 valence electrons. The first kappa shape index (κ1) is 17.6. The third-order valence-electron chi connectivity index (χ3n) is 4.38. The number of piperidine rings is 1. The summed E-state index contributed by atoms with van der Waals surface area (Å²) >= 11 is 0. The van der Waals surface area contributed by atoms with Gasteiger partial charge in [-0.25, -0.2) is 8.42 Å². The van der Waals surface area contributed by atoms with Crippen molar-refractivity contribution in [1.29, 1.82) is 0 Å². The van der Waals surface area contributed by atoms with Crippen molar-refractivity contribution >= 4 is 15.7 Å². The van der Waals surface area contributed by atoms with Gasteiger partial charge in [-0.15, -0.1) is 0 Å². The Labute approximate surface area is 148 Å². The number of carbonyl (C=O) groups is 1. The van der Waals surface area contributed by atoms with Crippen LogP contribution in [0.15, 0.2) is 59.5 Å². The second-order valence-electron chi connectivity index (χ2n) is 6.43. The third kappa shape index (κ3) is 4.27. The molecule has 2 aromatic carbocycles. The zero-order chi connectivity index (χ0) is 17.9. The van der Waals surface area contributed by atoms with Crippen LogP contribution in [0.3, 0.4) is 0 Å². The van der Waals surface area contributed by atoms with Gasteiger partial charge < -0.3 is 10.6 Å². The Balaban J connectivity index is 1.82. The largest absolute Gasteiger partial charge is 0.337 e. The van der Waals surface area contributed by atoms with Crippen LogP contribution in [0.5, 0.6) is 0 Å². The number of carbonyl (C=O) groups excluding carboxylic acids is 1. The van der Waals surface area contributed by atoms with E-state index in [9.17, 15) is 13.2 Å². The van der Waals surface area contributed by atoms with Crippen LogP contribution in [0.4, 0.5) is 0 Å². The highest BCUT2D eigenvalue weighted by Crippen LogP contribution is 2.20. The van der Waals surface area contributed by atoms with E-state index in [1.54, 1.807) is 29.2 Å². The summed E-state index contributed by atoms with van der Waals surface area (Å²) in [6, 6.07) is 15.3. The molecule has 1 atom stereocenters. The molecule has 2 N–H and O–H groups in total. The lowest BCUT2D eigenvalue weighted by Gasteiger charge is -2.30. The van der Waals surface area contributed by atoms with Gasteiger partial charge in [0.1, 0.15) is 0 Å². The molecule has 0 spiro atoms. The predicted molar refractivity (Wildman–Crippen MR) is 96.9 cm³/mol. The van der Waals surface area contributed by atoms with Crippen molar-refractivity contribution in [2.24, 2.45) is 5.73 Å². The van der Waals surface area contributed by atoms with Crippen molar-refractivity contribution in [3.05, 3.63) is 65.7 Å². The van der Waals surface area contributed by atoms with E-state index in [0.29, 0.717) is 18.7 Å². The highest BCUT2D eigenvalue weighted by Gasteiger charge is 2.24. The first-order valence-electron chi connectivity index (χ1n) is 8.37. The summed E-state index contributed by atoms with van der Waals surface area (Å²) in [6.07, 6.45) is 1.79. The number of sulfone groups is 1. The Hall–Kier alpha value is -2.18. The highest BCUT2D eigenvalue weighted by molar-refractivity contribution is 7.90. The quantitative estimate of drug-likeness (QED) is 0.909. The van der Waals surface area contributed by atoms with Crippen LogP contribution in [-0.2, 0) is 15.6 Å². The molecule has 1 heterocycles. The fraction of sp³-hybridized carbons (Fsp3) is 0.316. The Morgan fingerprint density at radius 1 is 1.12 bits per heavy atom. The number of nitrogens with two attached hydrogens (primary N) is 1. The van der Waals surface area contributed by atoms with E-state index in [1.807, 2.05) is 18.2 Å². The van der Waals surface area contributed by atoms with E-state index >= 15 is 0 Å². The van der Waals surface area contributed by atoms with Gasteiger partial charge in [0.05, 0.1) is 10.6 Å². The van der Waals surface area contributed by atoms with E-state index in [2.05, 4.69) is 0 Å². The van der Waals surface area contributed by atoms with E-state index in [0.717, 1.165) is 18.4 Å². The summed E-state index contributed by atoms with van der Waals surface area (Å²) in [7, 11) is -3.51. The molecule has 2 aromatic rings. The Kier molecular flexibility index (Phi) is 5.20. The zero-order valence-corrected chi connectivity index (χ0v) is 14.8. The molecule has 0 bridgehead atoms. The molecule has 0 aromatic heterocycles. The molecule has 1 saturated heterocycles. The Bertz CT molecular complexity index is 850. The molecule has 6 heteroatoms. The van der Waals surface area contributed by atoms with E-state index in [-0.39, 0.29) is 22.6 Å². The number of benzene rings is 2. The molecule has 0 saturated carbocycles. The van der Waals surface area contributed by atoms with Gasteiger partial charge >= 0.3 is 0 Å². The molecule has 0 unspecified atom stereocenters. The van der Waals surface area contributed by atoms with Crippen molar-refractivity contribution in [2.75, 3.05) is 13.1 Å².